The van der Waals surface area contributed by atoms with Crippen molar-refractivity contribution in [3.8, 4) is 0 Å². The molecule has 1 saturated carbocycles. The number of rotatable bonds is 8. The quantitative estimate of drug-likeness (QED) is 0.665. The van der Waals surface area contributed by atoms with Gasteiger partial charge in [-0.1, -0.05) is 12.8 Å². The van der Waals surface area contributed by atoms with Crippen LogP contribution in [0.15, 0.2) is 0 Å². The van der Waals surface area contributed by atoms with Crippen molar-refractivity contribution in [2.45, 2.75) is 51.0 Å². The smallest absolute Gasteiger partial charge is 0.228 e. The summed E-state index contributed by atoms with van der Waals surface area (Å²) < 4.78 is 11.1. The molecule has 6 heteroatoms. The third kappa shape index (κ3) is 5.69. The van der Waals surface area contributed by atoms with Crippen LogP contribution in [0, 0.1) is 5.41 Å². The Labute approximate surface area is 140 Å². The normalized spacial score (nSPS) is 21.3. The molecule has 22 heavy (non-hydrogen) atoms. The summed E-state index contributed by atoms with van der Waals surface area (Å²) >= 11 is 0. The zero-order chi connectivity index (χ0) is 15.0. The summed E-state index contributed by atoms with van der Waals surface area (Å²) in [6, 6.07) is 0. The Balaban J connectivity index is 0.00000242. The highest BCUT2D eigenvalue weighted by Crippen LogP contribution is 2.29. The van der Waals surface area contributed by atoms with Crippen LogP contribution in [0.25, 0.3) is 0 Å². The molecule has 1 amide bonds. The highest BCUT2D eigenvalue weighted by atomic mass is 35.5. The molecule has 0 aromatic rings. The summed E-state index contributed by atoms with van der Waals surface area (Å²) in [5.41, 5.74) is -0.341. The van der Waals surface area contributed by atoms with Gasteiger partial charge in [-0.2, -0.15) is 0 Å². The summed E-state index contributed by atoms with van der Waals surface area (Å²) in [6.07, 6.45) is 8.07. The SMILES string of the molecule is COCC1(C(=O)NCCCOC2CCCC2)CCNCC1.Cl. The van der Waals surface area contributed by atoms with Crippen molar-refractivity contribution in [3.05, 3.63) is 0 Å². The van der Waals surface area contributed by atoms with Gasteiger partial charge in [-0.05, 0) is 45.2 Å². The second kappa shape index (κ2) is 10.4. The number of hydrogen-bond acceptors (Lipinski definition) is 4. The monoisotopic (exact) mass is 334 g/mol. The molecule has 1 saturated heterocycles. The molecule has 0 unspecified atom stereocenters. The molecular weight excluding hydrogens is 304 g/mol. The lowest BCUT2D eigenvalue weighted by Gasteiger charge is -2.35. The molecule has 2 aliphatic rings. The second-order valence-electron chi connectivity index (χ2n) is 6.35. The largest absolute Gasteiger partial charge is 0.384 e. The van der Waals surface area contributed by atoms with Gasteiger partial charge in [-0.25, -0.2) is 0 Å². The van der Waals surface area contributed by atoms with Gasteiger partial charge in [0.25, 0.3) is 0 Å². The zero-order valence-corrected chi connectivity index (χ0v) is 14.5. The Kier molecular flexibility index (Phi) is 9.33. The standard InChI is InChI=1S/C16H30N2O3.ClH/c1-20-13-16(7-10-17-11-8-16)15(19)18-9-4-12-21-14-5-2-3-6-14;/h14,17H,2-13H2,1H3,(H,18,19);1H. The van der Waals surface area contributed by atoms with Gasteiger partial charge in [0.15, 0.2) is 0 Å². The molecule has 2 fully saturated rings. The van der Waals surface area contributed by atoms with E-state index in [9.17, 15) is 4.79 Å². The van der Waals surface area contributed by atoms with Gasteiger partial charge in [0, 0.05) is 20.3 Å². The molecule has 0 aromatic heterocycles. The second-order valence-corrected chi connectivity index (χ2v) is 6.35. The Bertz CT molecular complexity index is 311. The maximum atomic E-state index is 12.5. The van der Waals surface area contributed by atoms with E-state index < -0.39 is 0 Å². The minimum absolute atomic E-state index is 0. The number of nitrogens with one attached hydrogen (secondary N) is 2. The third-order valence-electron chi connectivity index (χ3n) is 4.73. The highest BCUT2D eigenvalue weighted by Gasteiger charge is 2.39. The number of ether oxygens (including phenoxy) is 2. The first kappa shape index (κ1) is 19.7. The molecule has 130 valence electrons. The Morgan fingerprint density at radius 3 is 2.59 bits per heavy atom. The number of hydrogen-bond donors (Lipinski definition) is 2. The maximum Gasteiger partial charge on any atom is 0.228 e. The molecule has 0 bridgehead atoms. The van der Waals surface area contributed by atoms with Crippen LogP contribution in [0.3, 0.4) is 0 Å². The molecule has 0 spiro atoms. The van der Waals surface area contributed by atoms with E-state index in [4.69, 9.17) is 9.47 Å². The fraction of sp³-hybridized carbons (Fsp3) is 0.938. The third-order valence-corrected chi connectivity index (χ3v) is 4.73. The van der Waals surface area contributed by atoms with Crippen molar-refractivity contribution in [1.29, 1.82) is 0 Å². The van der Waals surface area contributed by atoms with E-state index >= 15 is 0 Å². The summed E-state index contributed by atoms with van der Waals surface area (Å²) in [5.74, 6) is 0.145. The molecule has 1 aliphatic carbocycles. The van der Waals surface area contributed by atoms with Crippen molar-refractivity contribution in [1.82, 2.24) is 10.6 Å². The van der Waals surface area contributed by atoms with Gasteiger partial charge >= 0.3 is 0 Å². The fourth-order valence-corrected chi connectivity index (χ4v) is 3.39. The topological polar surface area (TPSA) is 59.6 Å². The summed E-state index contributed by atoms with van der Waals surface area (Å²) in [4.78, 5) is 12.5. The van der Waals surface area contributed by atoms with E-state index in [1.54, 1.807) is 7.11 Å². The first-order valence-electron chi connectivity index (χ1n) is 8.36. The zero-order valence-electron chi connectivity index (χ0n) is 13.7. The van der Waals surface area contributed by atoms with Crippen LogP contribution >= 0.6 is 12.4 Å². The van der Waals surface area contributed by atoms with Crippen LogP contribution in [-0.2, 0) is 14.3 Å². The molecule has 1 heterocycles. The molecule has 2 N–H and O–H groups in total. The minimum Gasteiger partial charge on any atom is -0.384 e. The summed E-state index contributed by atoms with van der Waals surface area (Å²) in [5, 5.41) is 6.38. The molecule has 0 radical (unpaired) electrons. The number of halogens is 1. The van der Waals surface area contributed by atoms with Crippen LogP contribution in [0.2, 0.25) is 0 Å². The molecule has 2 rings (SSSR count). The van der Waals surface area contributed by atoms with Crippen LogP contribution in [-0.4, -0.2) is 52.0 Å². The predicted octanol–water partition coefficient (Wildman–Crippen LogP) is 1.89. The van der Waals surface area contributed by atoms with Crippen molar-refractivity contribution >= 4 is 18.3 Å². The molecule has 0 aromatic carbocycles. The average Bonchev–Trinajstić information content (AvgIpc) is 3.01. The number of carbonyl (C=O) groups excluding carboxylic acids is 1. The van der Waals surface area contributed by atoms with Crippen LogP contribution in [0.5, 0.6) is 0 Å². The Morgan fingerprint density at radius 2 is 1.95 bits per heavy atom. The highest BCUT2D eigenvalue weighted by molar-refractivity contribution is 5.85. The van der Waals surface area contributed by atoms with Gasteiger partial charge in [0.1, 0.15) is 0 Å². The maximum absolute atomic E-state index is 12.5. The lowest BCUT2D eigenvalue weighted by Crippen LogP contribution is -2.50. The molecule has 0 atom stereocenters. The van der Waals surface area contributed by atoms with Gasteiger partial charge in [0.2, 0.25) is 5.91 Å². The van der Waals surface area contributed by atoms with E-state index in [1.165, 1.54) is 25.7 Å². The number of piperidine rings is 1. The first-order valence-corrected chi connectivity index (χ1v) is 8.36. The van der Waals surface area contributed by atoms with Gasteiger partial charge in [-0.15, -0.1) is 12.4 Å². The van der Waals surface area contributed by atoms with E-state index in [0.29, 0.717) is 19.3 Å². The minimum atomic E-state index is -0.341. The van der Waals surface area contributed by atoms with E-state index in [0.717, 1.165) is 39.0 Å². The van der Waals surface area contributed by atoms with E-state index in [-0.39, 0.29) is 23.7 Å². The molecule has 5 nitrogen and oxygen atoms in total. The predicted molar refractivity (Wildman–Crippen MR) is 89.5 cm³/mol. The number of methoxy groups -OCH3 is 1. The van der Waals surface area contributed by atoms with Crippen molar-refractivity contribution in [2.75, 3.05) is 40.0 Å². The van der Waals surface area contributed by atoms with Crippen LogP contribution in [0.4, 0.5) is 0 Å². The lowest BCUT2D eigenvalue weighted by atomic mass is 9.78. The Hall–Kier alpha value is -0.360. The van der Waals surface area contributed by atoms with Gasteiger partial charge in [-0.3, -0.25) is 4.79 Å². The summed E-state index contributed by atoms with van der Waals surface area (Å²) in [6.45, 7) is 3.75. The Morgan fingerprint density at radius 1 is 1.27 bits per heavy atom. The van der Waals surface area contributed by atoms with Crippen molar-refractivity contribution < 1.29 is 14.3 Å². The van der Waals surface area contributed by atoms with Crippen LogP contribution in [0.1, 0.15) is 44.9 Å². The first-order chi connectivity index (χ1) is 10.3. The fourth-order valence-electron chi connectivity index (χ4n) is 3.39. The van der Waals surface area contributed by atoms with E-state index in [1.807, 2.05) is 0 Å². The van der Waals surface area contributed by atoms with Crippen molar-refractivity contribution in [3.63, 3.8) is 0 Å². The lowest BCUT2D eigenvalue weighted by molar-refractivity contribution is -0.136. The molecular formula is C16H31ClN2O3. The van der Waals surface area contributed by atoms with E-state index in [2.05, 4.69) is 10.6 Å². The number of carbonyl (C=O) groups is 1. The molecule has 1 aliphatic heterocycles. The summed E-state index contributed by atoms with van der Waals surface area (Å²) in [7, 11) is 1.67. The van der Waals surface area contributed by atoms with Crippen LogP contribution < -0.4 is 10.6 Å². The number of amides is 1. The van der Waals surface area contributed by atoms with Crippen molar-refractivity contribution in [2.24, 2.45) is 5.41 Å². The average molecular weight is 335 g/mol. The van der Waals surface area contributed by atoms with Gasteiger partial charge < -0.3 is 20.1 Å². The van der Waals surface area contributed by atoms with Gasteiger partial charge in [0.05, 0.1) is 18.1 Å².